The minimum Gasteiger partial charge on any atom is -0.395 e. The van der Waals surface area contributed by atoms with E-state index in [0.717, 1.165) is 25.1 Å². The highest BCUT2D eigenvalue weighted by Gasteiger charge is 2.06. The third-order valence-corrected chi connectivity index (χ3v) is 2.99. The first kappa shape index (κ1) is 14.0. The van der Waals surface area contributed by atoms with Gasteiger partial charge in [0.25, 0.3) is 0 Å². The molecule has 96 valence electrons. The molecule has 0 aliphatic carbocycles. The van der Waals surface area contributed by atoms with Gasteiger partial charge in [-0.3, -0.25) is 0 Å². The van der Waals surface area contributed by atoms with Crippen LogP contribution >= 0.6 is 0 Å². The Morgan fingerprint density at radius 2 is 1.82 bits per heavy atom. The Morgan fingerprint density at radius 3 is 2.29 bits per heavy atom. The Balaban J connectivity index is 2.76. The zero-order chi connectivity index (χ0) is 12.7. The fraction of sp³-hybridized carbons (Fsp3) is 0.571. The highest BCUT2D eigenvalue weighted by Crippen LogP contribution is 2.19. The van der Waals surface area contributed by atoms with Gasteiger partial charge in [0, 0.05) is 24.8 Å². The predicted octanol–water partition coefficient (Wildman–Crippen LogP) is 2.31. The molecule has 0 spiro atoms. The van der Waals surface area contributed by atoms with E-state index >= 15 is 0 Å². The molecule has 0 radical (unpaired) electrons. The number of anilines is 1. The molecule has 0 amide bonds. The summed E-state index contributed by atoms with van der Waals surface area (Å²) in [5.41, 5.74) is 8.32. The van der Waals surface area contributed by atoms with E-state index in [0.29, 0.717) is 6.54 Å². The normalized spacial score (nSPS) is 12.5. The van der Waals surface area contributed by atoms with E-state index in [2.05, 4.69) is 43.0 Å². The van der Waals surface area contributed by atoms with E-state index in [4.69, 9.17) is 10.8 Å². The van der Waals surface area contributed by atoms with Gasteiger partial charge in [-0.05, 0) is 30.5 Å². The van der Waals surface area contributed by atoms with Crippen LogP contribution in [0.15, 0.2) is 24.3 Å². The molecule has 3 heteroatoms. The second-order valence-corrected chi connectivity index (χ2v) is 4.32. The summed E-state index contributed by atoms with van der Waals surface area (Å²) in [7, 11) is 0. The van der Waals surface area contributed by atoms with Crippen LogP contribution in [0.25, 0.3) is 0 Å². The van der Waals surface area contributed by atoms with Crippen LogP contribution in [-0.4, -0.2) is 24.8 Å². The predicted molar refractivity (Wildman–Crippen MR) is 73.3 cm³/mol. The van der Waals surface area contributed by atoms with E-state index in [1.807, 2.05) is 0 Å². The molecule has 1 aromatic rings. The van der Waals surface area contributed by atoms with Crippen molar-refractivity contribution in [1.82, 2.24) is 0 Å². The molecule has 1 unspecified atom stereocenters. The monoisotopic (exact) mass is 236 g/mol. The van der Waals surface area contributed by atoms with E-state index in [1.54, 1.807) is 0 Å². The first-order chi connectivity index (χ1) is 8.22. The fourth-order valence-corrected chi connectivity index (χ4v) is 1.93. The van der Waals surface area contributed by atoms with Crippen molar-refractivity contribution in [2.24, 2.45) is 5.73 Å². The van der Waals surface area contributed by atoms with Gasteiger partial charge >= 0.3 is 0 Å². The van der Waals surface area contributed by atoms with Gasteiger partial charge in [-0.2, -0.15) is 0 Å². The number of nitrogens with zero attached hydrogens (tertiary/aromatic N) is 1. The number of rotatable bonds is 7. The Bertz CT molecular complexity index is 305. The lowest BCUT2D eigenvalue weighted by Gasteiger charge is -2.24. The second kappa shape index (κ2) is 7.30. The Morgan fingerprint density at radius 1 is 1.18 bits per heavy atom. The van der Waals surface area contributed by atoms with E-state index in [9.17, 15) is 0 Å². The van der Waals surface area contributed by atoms with Crippen LogP contribution in [0.5, 0.6) is 0 Å². The summed E-state index contributed by atoms with van der Waals surface area (Å²) in [6.45, 7) is 6.09. The maximum atomic E-state index is 9.04. The SMILES string of the molecule is CCCN(CCO)c1ccc(C(N)CC)cc1. The van der Waals surface area contributed by atoms with Gasteiger partial charge in [0.2, 0.25) is 0 Å². The van der Waals surface area contributed by atoms with Crippen LogP contribution in [-0.2, 0) is 0 Å². The lowest BCUT2D eigenvalue weighted by Crippen LogP contribution is -2.27. The summed E-state index contributed by atoms with van der Waals surface area (Å²) in [5.74, 6) is 0. The van der Waals surface area contributed by atoms with E-state index in [-0.39, 0.29) is 12.6 Å². The number of hydrogen-bond donors (Lipinski definition) is 2. The Labute approximate surface area is 104 Å². The number of aliphatic hydroxyl groups is 1. The number of aliphatic hydroxyl groups excluding tert-OH is 1. The maximum absolute atomic E-state index is 9.04. The molecule has 17 heavy (non-hydrogen) atoms. The molecule has 0 fully saturated rings. The summed E-state index contributed by atoms with van der Waals surface area (Å²) >= 11 is 0. The largest absolute Gasteiger partial charge is 0.395 e. The number of benzene rings is 1. The molecule has 0 aromatic heterocycles. The average Bonchev–Trinajstić information content (AvgIpc) is 2.38. The van der Waals surface area contributed by atoms with Gasteiger partial charge in [-0.15, -0.1) is 0 Å². The highest BCUT2D eigenvalue weighted by molar-refractivity contribution is 5.48. The maximum Gasteiger partial charge on any atom is 0.0606 e. The number of hydrogen-bond acceptors (Lipinski definition) is 3. The van der Waals surface area contributed by atoms with Crippen LogP contribution < -0.4 is 10.6 Å². The molecule has 0 bridgehead atoms. The average molecular weight is 236 g/mol. The van der Waals surface area contributed by atoms with Crippen LogP contribution in [0, 0.1) is 0 Å². The third-order valence-electron chi connectivity index (χ3n) is 2.99. The van der Waals surface area contributed by atoms with Crippen molar-refractivity contribution in [3.8, 4) is 0 Å². The smallest absolute Gasteiger partial charge is 0.0606 e. The first-order valence-electron chi connectivity index (χ1n) is 6.44. The molecular weight excluding hydrogens is 212 g/mol. The Kier molecular flexibility index (Phi) is 6.01. The van der Waals surface area contributed by atoms with Crippen molar-refractivity contribution in [2.45, 2.75) is 32.7 Å². The summed E-state index contributed by atoms with van der Waals surface area (Å²) < 4.78 is 0. The van der Waals surface area contributed by atoms with E-state index < -0.39 is 0 Å². The lowest BCUT2D eigenvalue weighted by molar-refractivity contribution is 0.302. The van der Waals surface area contributed by atoms with Gasteiger partial charge in [0.15, 0.2) is 0 Å². The van der Waals surface area contributed by atoms with Crippen LogP contribution in [0.3, 0.4) is 0 Å². The van der Waals surface area contributed by atoms with Crippen molar-refractivity contribution in [1.29, 1.82) is 0 Å². The zero-order valence-electron chi connectivity index (χ0n) is 10.9. The van der Waals surface area contributed by atoms with Crippen LogP contribution in [0.2, 0.25) is 0 Å². The molecule has 1 rings (SSSR count). The van der Waals surface area contributed by atoms with Gasteiger partial charge in [-0.1, -0.05) is 26.0 Å². The summed E-state index contributed by atoms with van der Waals surface area (Å²) in [4.78, 5) is 2.20. The van der Waals surface area contributed by atoms with Crippen molar-refractivity contribution >= 4 is 5.69 Å². The lowest BCUT2D eigenvalue weighted by atomic mass is 10.1. The number of nitrogens with two attached hydrogens (primary N) is 1. The minimum absolute atomic E-state index is 0.126. The van der Waals surface area contributed by atoms with Crippen molar-refractivity contribution in [3.63, 3.8) is 0 Å². The zero-order valence-corrected chi connectivity index (χ0v) is 10.9. The van der Waals surface area contributed by atoms with Gasteiger partial charge in [0.1, 0.15) is 0 Å². The molecule has 0 aliphatic rings. The topological polar surface area (TPSA) is 49.5 Å². The highest BCUT2D eigenvalue weighted by atomic mass is 16.3. The van der Waals surface area contributed by atoms with Crippen molar-refractivity contribution in [3.05, 3.63) is 29.8 Å². The third kappa shape index (κ3) is 4.02. The van der Waals surface area contributed by atoms with Gasteiger partial charge in [-0.25, -0.2) is 0 Å². The molecule has 1 aromatic carbocycles. The molecule has 3 nitrogen and oxygen atoms in total. The van der Waals surface area contributed by atoms with E-state index in [1.165, 1.54) is 5.56 Å². The summed E-state index contributed by atoms with van der Waals surface area (Å²) in [5, 5.41) is 9.04. The Hall–Kier alpha value is -1.06. The fourth-order valence-electron chi connectivity index (χ4n) is 1.93. The standard InChI is InChI=1S/C14H24N2O/c1-3-9-16(10-11-17)13-7-5-12(6-8-13)14(15)4-2/h5-8,14,17H,3-4,9-11,15H2,1-2H3. The van der Waals surface area contributed by atoms with Crippen LogP contribution in [0.4, 0.5) is 5.69 Å². The molecule has 0 saturated heterocycles. The quantitative estimate of drug-likeness (QED) is 0.763. The molecule has 3 N–H and O–H groups in total. The minimum atomic E-state index is 0.126. The molecular formula is C14H24N2O. The molecule has 0 aliphatic heterocycles. The second-order valence-electron chi connectivity index (χ2n) is 4.32. The first-order valence-corrected chi connectivity index (χ1v) is 6.44. The van der Waals surface area contributed by atoms with Crippen molar-refractivity contribution in [2.75, 3.05) is 24.6 Å². The van der Waals surface area contributed by atoms with Gasteiger partial charge < -0.3 is 15.7 Å². The van der Waals surface area contributed by atoms with Gasteiger partial charge in [0.05, 0.1) is 6.61 Å². The van der Waals surface area contributed by atoms with Crippen LogP contribution in [0.1, 0.15) is 38.3 Å². The molecule has 0 saturated carbocycles. The molecule has 0 heterocycles. The molecule has 1 atom stereocenters. The summed E-state index contributed by atoms with van der Waals surface area (Å²) in [6, 6.07) is 8.49. The van der Waals surface area contributed by atoms with Crippen molar-refractivity contribution < 1.29 is 5.11 Å². The summed E-state index contributed by atoms with van der Waals surface area (Å²) in [6.07, 6.45) is 2.03.